The fraction of sp³-hybridized carbons (Fsp3) is 0.364. The van der Waals surface area contributed by atoms with E-state index in [9.17, 15) is 0 Å². The second-order valence-corrected chi connectivity index (χ2v) is 7.91. The molecule has 0 saturated carbocycles. The predicted octanol–water partition coefficient (Wildman–Crippen LogP) is 3.08. The Kier molecular flexibility index (Phi) is 3.97. The van der Waals surface area contributed by atoms with Crippen molar-refractivity contribution in [1.29, 1.82) is 0 Å². The number of rotatable bonds is 2. The number of hydrogen-bond donors (Lipinski definition) is 2. The van der Waals surface area contributed by atoms with Gasteiger partial charge in [-0.2, -0.15) is 0 Å². The van der Waals surface area contributed by atoms with Gasteiger partial charge in [-0.15, -0.1) is 0 Å². The molecule has 3 aromatic rings. The van der Waals surface area contributed by atoms with Crippen LogP contribution in [0.2, 0.25) is 0 Å². The average molecular weight is 404 g/mol. The first-order chi connectivity index (χ1) is 14.8. The van der Waals surface area contributed by atoms with Gasteiger partial charge in [0.25, 0.3) is 0 Å². The second-order valence-electron chi connectivity index (χ2n) is 7.91. The van der Waals surface area contributed by atoms with E-state index in [1.807, 2.05) is 12.1 Å². The van der Waals surface area contributed by atoms with E-state index in [0.717, 1.165) is 47.6 Å². The molecule has 8 nitrogen and oxygen atoms in total. The Morgan fingerprint density at radius 2 is 1.77 bits per heavy atom. The molecule has 154 valence electrons. The van der Waals surface area contributed by atoms with Gasteiger partial charge in [0.05, 0.1) is 24.2 Å². The van der Waals surface area contributed by atoms with Gasteiger partial charge in [-0.05, 0) is 18.9 Å². The summed E-state index contributed by atoms with van der Waals surface area (Å²) in [5.74, 6) is 2.53. The Hall–Kier alpha value is -3.42. The van der Waals surface area contributed by atoms with E-state index in [-0.39, 0.29) is 6.17 Å². The molecular weight excluding hydrogens is 380 g/mol. The van der Waals surface area contributed by atoms with E-state index in [2.05, 4.69) is 39.0 Å². The molecular formula is C22H24N6O2. The smallest absolute Gasteiger partial charge is 0.212 e. The predicted molar refractivity (Wildman–Crippen MR) is 117 cm³/mol. The van der Waals surface area contributed by atoms with Crippen molar-refractivity contribution in [3.8, 4) is 11.5 Å². The minimum atomic E-state index is -0.298. The number of imidazole rings is 1. The number of anilines is 2. The van der Waals surface area contributed by atoms with Gasteiger partial charge in [-0.1, -0.05) is 18.2 Å². The first-order valence-electron chi connectivity index (χ1n) is 10.5. The number of para-hydroxylation sites is 1. The summed E-state index contributed by atoms with van der Waals surface area (Å²) in [6.07, 6.45) is 3.00. The number of aliphatic imine (C=N–C) groups is 1. The largest absolute Gasteiger partial charge is 0.489 e. The quantitative estimate of drug-likeness (QED) is 0.682. The van der Waals surface area contributed by atoms with Gasteiger partial charge in [0, 0.05) is 42.9 Å². The van der Waals surface area contributed by atoms with Crippen molar-refractivity contribution < 1.29 is 9.47 Å². The van der Waals surface area contributed by atoms with Gasteiger partial charge in [0.2, 0.25) is 5.95 Å². The van der Waals surface area contributed by atoms with Crippen molar-refractivity contribution in [3.63, 3.8) is 0 Å². The molecule has 1 fully saturated rings. The molecule has 0 spiro atoms. The lowest BCUT2D eigenvalue weighted by molar-refractivity contribution is 0.297. The van der Waals surface area contributed by atoms with Gasteiger partial charge in [-0.3, -0.25) is 9.88 Å². The Balaban J connectivity index is 1.53. The van der Waals surface area contributed by atoms with E-state index in [4.69, 9.17) is 25.2 Å². The Labute approximate surface area is 174 Å². The lowest BCUT2D eigenvalue weighted by Gasteiger charge is -2.28. The molecule has 1 saturated heterocycles. The van der Waals surface area contributed by atoms with Crippen molar-refractivity contribution in [3.05, 3.63) is 42.0 Å². The number of aromatic nitrogens is 2. The Morgan fingerprint density at radius 1 is 1.00 bits per heavy atom. The molecule has 0 radical (unpaired) electrons. The van der Waals surface area contributed by atoms with E-state index in [1.165, 1.54) is 18.5 Å². The molecule has 0 aliphatic carbocycles. The van der Waals surface area contributed by atoms with Crippen LogP contribution in [0.5, 0.6) is 11.5 Å². The van der Waals surface area contributed by atoms with Crippen LogP contribution in [0.4, 0.5) is 11.6 Å². The SMILES string of the molecule is NC1=N[C@@H](c2ccccc2N2CCCC2)n2c(nc3cc4c(cc32)OCCCO4)N1. The lowest BCUT2D eigenvalue weighted by Crippen LogP contribution is -2.32. The maximum Gasteiger partial charge on any atom is 0.212 e. The summed E-state index contributed by atoms with van der Waals surface area (Å²) in [7, 11) is 0. The van der Waals surface area contributed by atoms with Crippen LogP contribution in [-0.2, 0) is 0 Å². The van der Waals surface area contributed by atoms with Crippen molar-refractivity contribution >= 4 is 28.6 Å². The molecule has 3 N–H and O–H groups in total. The van der Waals surface area contributed by atoms with Crippen LogP contribution in [0.3, 0.4) is 0 Å². The van der Waals surface area contributed by atoms with E-state index < -0.39 is 0 Å². The van der Waals surface area contributed by atoms with Gasteiger partial charge >= 0.3 is 0 Å². The molecule has 4 heterocycles. The van der Waals surface area contributed by atoms with Gasteiger partial charge in [0.1, 0.15) is 0 Å². The fourth-order valence-corrected chi connectivity index (χ4v) is 4.58. The van der Waals surface area contributed by atoms with Crippen molar-refractivity contribution in [2.75, 3.05) is 36.5 Å². The molecule has 0 unspecified atom stereocenters. The van der Waals surface area contributed by atoms with E-state index in [0.29, 0.717) is 25.1 Å². The zero-order valence-corrected chi connectivity index (χ0v) is 16.7. The number of guanidine groups is 1. The summed E-state index contributed by atoms with van der Waals surface area (Å²) in [4.78, 5) is 12.0. The molecule has 3 aliphatic rings. The summed E-state index contributed by atoms with van der Waals surface area (Å²) in [6.45, 7) is 3.42. The summed E-state index contributed by atoms with van der Waals surface area (Å²) in [5, 5.41) is 3.13. The minimum absolute atomic E-state index is 0.298. The first-order valence-corrected chi connectivity index (χ1v) is 10.5. The monoisotopic (exact) mass is 404 g/mol. The highest BCUT2D eigenvalue weighted by Gasteiger charge is 2.29. The molecule has 6 rings (SSSR count). The lowest BCUT2D eigenvalue weighted by atomic mass is 10.1. The highest BCUT2D eigenvalue weighted by atomic mass is 16.5. The normalized spacial score (nSPS) is 20.5. The zero-order valence-electron chi connectivity index (χ0n) is 16.7. The van der Waals surface area contributed by atoms with Crippen LogP contribution >= 0.6 is 0 Å². The van der Waals surface area contributed by atoms with Crippen LogP contribution < -0.4 is 25.4 Å². The summed E-state index contributed by atoms with van der Waals surface area (Å²) in [6, 6.07) is 12.4. The molecule has 1 atom stereocenters. The maximum atomic E-state index is 6.17. The Morgan fingerprint density at radius 3 is 2.60 bits per heavy atom. The van der Waals surface area contributed by atoms with E-state index >= 15 is 0 Å². The summed E-state index contributed by atoms with van der Waals surface area (Å²) >= 11 is 0. The molecule has 0 bridgehead atoms. The molecule has 2 aromatic carbocycles. The van der Waals surface area contributed by atoms with Crippen LogP contribution in [0, 0.1) is 0 Å². The standard InChI is InChI=1S/C22H24N6O2/c23-21-25-20(14-6-1-2-7-16(14)27-8-3-4-9-27)28-17-13-19-18(29-10-5-11-30-19)12-15(17)24-22(28)26-21/h1-2,6-7,12-13,20H,3-5,8-11H2,(H3,23,24,25,26)/t20-/m1/s1. The van der Waals surface area contributed by atoms with Crippen molar-refractivity contribution in [2.24, 2.45) is 10.7 Å². The number of ether oxygens (including phenoxy) is 2. The molecule has 3 aliphatic heterocycles. The highest BCUT2D eigenvalue weighted by Crippen LogP contribution is 2.41. The average Bonchev–Trinajstić information content (AvgIpc) is 3.34. The number of benzene rings is 2. The summed E-state index contributed by atoms with van der Waals surface area (Å²) in [5.41, 5.74) is 10.3. The van der Waals surface area contributed by atoms with Crippen LogP contribution in [0.25, 0.3) is 11.0 Å². The van der Waals surface area contributed by atoms with Crippen molar-refractivity contribution in [1.82, 2.24) is 9.55 Å². The number of nitrogens with one attached hydrogen (secondary N) is 1. The number of hydrogen-bond acceptors (Lipinski definition) is 7. The zero-order chi connectivity index (χ0) is 20.1. The molecule has 30 heavy (non-hydrogen) atoms. The number of fused-ring (bicyclic) bond motifs is 4. The third-order valence-corrected chi connectivity index (χ3v) is 5.97. The minimum Gasteiger partial charge on any atom is -0.489 e. The third kappa shape index (κ3) is 2.74. The van der Waals surface area contributed by atoms with Gasteiger partial charge in [0.15, 0.2) is 23.6 Å². The number of nitrogens with two attached hydrogens (primary N) is 1. The molecule has 8 heteroatoms. The van der Waals surface area contributed by atoms with Gasteiger partial charge < -0.3 is 20.1 Å². The number of nitrogens with zero attached hydrogens (tertiary/aromatic N) is 4. The van der Waals surface area contributed by atoms with Crippen molar-refractivity contribution in [2.45, 2.75) is 25.4 Å². The van der Waals surface area contributed by atoms with Crippen LogP contribution in [0.1, 0.15) is 31.0 Å². The molecule has 1 aromatic heterocycles. The van der Waals surface area contributed by atoms with Crippen LogP contribution in [-0.4, -0.2) is 41.8 Å². The Bertz CT molecular complexity index is 1150. The third-order valence-electron chi connectivity index (χ3n) is 5.97. The maximum absolute atomic E-state index is 6.17. The second kappa shape index (κ2) is 6.83. The first kappa shape index (κ1) is 17.4. The van der Waals surface area contributed by atoms with E-state index in [1.54, 1.807) is 0 Å². The topological polar surface area (TPSA) is 89.9 Å². The molecule has 0 amide bonds. The summed E-state index contributed by atoms with van der Waals surface area (Å²) < 4.78 is 13.9. The van der Waals surface area contributed by atoms with Crippen LogP contribution in [0.15, 0.2) is 41.4 Å². The van der Waals surface area contributed by atoms with Gasteiger partial charge in [-0.25, -0.2) is 9.98 Å². The highest BCUT2D eigenvalue weighted by molar-refractivity contribution is 5.95. The fourth-order valence-electron chi connectivity index (χ4n) is 4.58.